The molecule has 1 aliphatic rings. The van der Waals surface area contributed by atoms with Gasteiger partial charge in [-0.15, -0.1) is 0 Å². The van der Waals surface area contributed by atoms with Crippen LogP contribution in [0.4, 0.5) is 0 Å². The quantitative estimate of drug-likeness (QED) is 0.760. The van der Waals surface area contributed by atoms with Gasteiger partial charge in [-0.1, -0.05) is 49.7 Å². The maximum atomic E-state index is 9.15. The van der Waals surface area contributed by atoms with Crippen LogP contribution in [0.2, 0.25) is 0 Å². The van der Waals surface area contributed by atoms with E-state index in [9.17, 15) is 0 Å². The molecule has 0 radical (unpaired) electrons. The first-order chi connectivity index (χ1) is 12.5. The fourth-order valence-electron chi connectivity index (χ4n) is 3.51. The first-order valence-electron chi connectivity index (χ1n) is 9.44. The molecule has 0 bridgehead atoms. The predicted molar refractivity (Wildman–Crippen MR) is 107 cm³/mol. The summed E-state index contributed by atoms with van der Waals surface area (Å²) in [4.78, 5) is 2.21. The fraction of sp³-hybridized carbons (Fsp3) is 0.435. The maximum absolute atomic E-state index is 9.15. The summed E-state index contributed by atoms with van der Waals surface area (Å²) in [5.74, 6) is 0. The number of rotatable bonds is 5. The number of hydrogen-bond acceptors (Lipinski definition) is 3. The standard InChI is InChI=1S/C21H24N2O.C2H6/c1-16-5-8-19(9-6-16)21(11-4-12-23(2)3)20-10-7-17(14-22)13-18(20)15-24-21;1-2/h5-10,13H,4,11-12,15H2,1-3H3;1-2H3/t21-;/m0./s1. The van der Waals surface area contributed by atoms with Crippen LogP contribution in [-0.2, 0) is 16.9 Å². The van der Waals surface area contributed by atoms with Gasteiger partial charge in [0.15, 0.2) is 0 Å². The lowest BCUT2D eigenvalue weighted by Gasteiger charge is -2.31. The summed E-state index contributed by atoms with van der Waals surface area (Å²) in [5.41, 5.74) is 5.11. The SMILES string of the molecule is CC.Cc1ccc([C@]2(CCCN(C)C)OCc3cc(C#N)ccc32)cc1. The minimum atomic E-state index is -0.396. The molecule has 138 valence electrons. The third kappa shape index (κ3) is 4.15. The molecule has 0 saturated carbocycles. The third-order valence-electron chi connectivity index (χ3n) is 4.80. The molecular formula is C23H30N2O. The van der Waals surface area contributed by atoms with Crippen LogP contribution in [0.5, 0.6) is 0 Å². The summed E-state index contributed by atoms with van der Waals surface area (Å²) >= 11 is 0. The minimum absolute atomic E-state index is 0.396. The van der Waals surface area contributed by atoms with Crippen LogP contribution in [0.25, 0.3) is 0 Å². The van der Waals surface area contributed by atoms with Crippen molar-refractivity contribution in [2.45, 2.75) is 45.8 Å². The van der Waals surface area contributed by atoms with Crippen molar-refractivity contribution in [1.29, 1.82) is 5.26 Å². The average Bonchev–Trinajstić information content (AvgIpc) is 3.02. The molecule has 0 spiro atoms. The Bertz CT molecular complexity index is 759. The van der Waals surface area contributed by atoms with E-state index in [4.69, 9.17) is 10.00 Å². The van der Waals surface area contributed by atoms with Gasteiger partial charge in [-0.25, -0.2) is 0 Å². The van der Waals surface area contributed by atoms with Crippen molar-refractivity contribution in [2.75, 3.05) is 20.6 Å². The highest BCUT2D eigenvalue weighted by Gasteiger charge is 2.41. The Labute approximate surface area is 158 Å². The van der Waals surface area contributed by atoms with Crippen molar-refractivity contribution >= 4 is 0 Å². The van der Waals surface area contributed by atoms with E-state index in [0.717, 1.165) is 24.9 Å². The molecule has 0 unspecified atom stereocenters. The molecule has 2 aromatic carbocycles. The zero-order valence-electron chi connectivity index (χ0n) is 16.7. The zero-order valence-corrected chi connectivity index (χ0v) is 16.7. The Morgan fingerprint density at radius 2 is 1.81 bits per heavy atom. The summed E-state index contributed by atoms with van der Waals surface area (Å²) in [5, 5.41) is 9.15. The highest BCUT2D eigenvalue weighted by atomic mass is 16.5. The topological polar surface area (TPSA) is 36.3 Å². The van der Waals surface area contributed by atoms with Crippen molar-refractivity contribution in [3.8, 4) is 6.07 Å². The molecule has 3 rings (SSSR count). The van der Waals surface area contributed by atoms with E-state index in [0.29, 0.717) is 12.2 Å². The number of nitrogens with zero attached hydrogens (tertiary/aromatic N) is 2. The number of aryl methyl sites for hydroxylation is 1. The second-order valence-corrected chi connectivity index (χ2v) is 6.87. The molecule has 0 saturated heterocycles. The highest BCUT2D eigenvalue weighted by molar-refractivity contribution is 5.48. The molecular weight excluding hydrogens is 320 g/mol. The molecule has 26 heavy (non-hydrogen) atoms. The van der Waals surface area contributed by atoms with Gasteiger partial charge in [0, 0.05) is 0 Å². The summed E-state index contributed by atoms with van der Waals surface area (Å²) < 4.78 is 6.39. The van der Waals surface area contributed by atoms with Crippen LogP contribution < -0.4 is 0 Å². The van der Waals surface area contributed by atoms with Crippen molar-refractivity contribution in [3.05, 3.63) is 70.3 Å². The lowest BCUT2D eigenvalue weighted by Crippen LogP contribution is -2.28. The van der Waals surface area contributed by atoms with Crippen LogP contribution in [0, 0.1) is 18.3 Å². The van der Waals surface area contributed by atoms with E-state index < -0.39 is 5.60 Å². The van der Waals surface area contributed by atoms with Crippen LogP contribution >= 0.6 is 0 Å². The highest BCUT2D eigenvalue weighted by Crippen LogP contribution is 2.45. The predicted octanol–water partition coefficient (Wildman–Crippen LogP) is 5.01. The number of fused-ring (bicyclic) bond motifs is 1. The van der Waals surface area contributed by atoms with Gasteiger partial charge >= 0.3 is 0 Å². The molecule has 0 aromatic heterocycles. The van der Waals surface area contributed by atoms with Crippen LogP contribution in [0.1, 0.15) is 54.5 Å². The number of ether oxygens (including phenoxy) is 1. The second-order valence-electron chi connectivity index (χ2n) is 6.87. The van der Waals surface area contributed by atoms with Crippen LogP contribution in [0.3, 0.4) is 0 Å². The van der Waals surface area contributed by atoms with Gasteiger partial charge in [-0.3, -0.25) is 0 Å². The van der Waals surface area contributed by atoms with Crippen molar-refractivity contribution in [1.82, 2.24) is 4.90 Å². The van der Waals surface area contributed by atoms with E-state index in [2.05, 4.69) is 62.3 Å². The molecule has 0 fully saturated rings. The first-order valence-corrected chi connectivity index (χ1v) is 9.44. The molecule has 0 N–H and O–H groups in total. The first kappa shape index (κ1) is 20.2. The van der Waals surface area contributed by atoms with E-state index in [1.807, 2.05) is 26.0 Å². The van der Waals surface area contributed by atoms with Crippen LogP contribution in [-0.4, -0.2) is 25.5 Å². The van der Waals surface area contributed by atoms with E-state index in [-0.39, 0.29) is 0 Å². The fourth-order valence-corrected chi connectivity index (χ4v) is 3.51. The lowest BCUT2D eigenvalue weighted by atomic mass is 9.81. The molecule has 3 nitrogen and oxygen atoms in total. The largest absolute Gasteiger partial charge is 0.361 e. The Morgan fingerprint density at radius 1 is 1.12 bits per heavy atom. The Kier molecular flexibility index (Phi) is 6.97. The Morgan fingerprint density at radius 3 is 2.42 bits per heavy atom. The second kappa shape index (κ2) is 8.98. The average molecular weight is 351 g/mol. The monoisotopic (exact) mass is 350 g/mol. The Balaban J connectivity index is 0.00000117. The third-order valence-corrected chi connectivity index (χ3v) is 4.80. The maximum Gasteiger partial charge on any atom is 0.119 e. The molecule has 2 aromatic rings. The van der Waals surface area contributed by atoms with Gasteiger partial charge in [0.2, 0.25) is 0 Å². The molecule has 1 atom stereocenters. The minimum Gasteiger partial charge on any atom is -0.361 e. The summed E-state index contributed by atoms with van der Waals surface area (Å²) in [6, 6.07) is 16.8. The number of benzene rings is 2. The number of hydrogen-bond donors (Lipinski definition) is 0. The van der Waals surface area contributed by atoms with E-state index >= 15 is 0 Å². The van der Waals surface area contributed by atoms with Crippen molar-refractivity contribution < 1.29 is 4.74 Å². The smallest absolute Gasteiger partial charge is 0.119 e. The van der Waals surface area contributed by atoms with E-state index in [1.165, 1.54) is 16.7 Å². The van der Waals surface area contributed by atoms with E-state index in [1.54, 1.807) is 0 Å². The van der Waals surface area contributed by atoms with Crippen LogP contribution in [0.15, 0.2) is 42.5 Å². The number of nitriles is 1. The van der Waals surface area contributed by atoms with Crippen molar-refractivity contribution in [3.63, 3.8) is 0 Å². The van der Waals surface area contributed by atoms with Gasteiger partial charge in [0.1, 0.15) is 5.60 Å². The zero-order chi connectivity index (χ0) is 19.2. The lowest BCUT2D eigenvalue weighted by molar-refractivity contribution is -0.0139. The molecule has 0 aliphatic carbocycles. The summed E-state index contributed by atoms with van der Waals surface area (Å²) in [6.45, 7) is 7.70. The van der Waals surface area contributed by atoms with Gasteiger partial charge in [0.25, 0.3) is 0 Å². The summed E-state index contributed by atoms with van der Waals surface area (Å²) in [6.07, 6.45) is 1.99. The van der Waals surface area contributed by atoms with Crippen molar-refractivity contribution in [2.24, 2.45) is 0 Å². The van der Waals surface area contributed by atoms with Gasteiger partial charge < -0.3 is 9.64 Å². The molecule has 0 amide bonds. The molecule has 3 heteroatoms. The van der Waals surface area contributed by atoms with Gasteiger partial charge in [0.05, 0.1) is 18.2 Å². The summed E-state index contributed by atoms with van der Waals surface area (Å²) in [7, 11) is 4.20. The van der Waals surface area contributed by atoms with Gasteiger partial charge in [-0.2, -0.15) is 5.26 Å². The Hall–Kier alpha value is -2.15. The molecule has 1 aliphatic heterocycles. The normalized spacial score (nSPS) is 18.0. The van der Waals surface area contributed by atoms with Gasteiger partial charge in [-0.05, 0) is 69.2 Å². The molecule has 1 heterocycles.